The zero-order chi connectivity index (χ0) is 16.6. The largest absolute Gasteiger partial charge is 0.369 e. The number of carbonyl (C=O) groups is 1. The summed E-state index contributed by atoms with van der Waals surface area (Å²) in [5.41, 5.74) is 1.95. The van der Waals surface area contributed by atoms with Crippen LogP contribution >= 0.6 is 0 Å². The quantitative estimate of drug-likeness (QED) is 0.859. The average Bonchev–Trinajstić information content (AvgIpc) is 2.51. The van der Waals surface area contributed by atoms with Crippen molar-refractivity contribution in [3.63, 3.8) is 0 Å². The number of ether oxygens (including phenoxy) is 1. The van der Waals surface area contributed by atoms with Crippen LogP contribution in [0.15, 0.2) is 24.3 Å². The van der Waals surface area contributed by atoms with Gasteiger partial charge in [-0.3, -0.25) is 4.79 Å². The molecule has 0 aliphatic carbocycles. The summed E-state index contributed by atoms with van der Waals surface area (Å²) in [4.78, 5) is 16.8. The van der Waals surface area contributed by atoms with E-state index in [1.807, 2.05) is 17.0 Å². The molecule has 4 nitrogen and oxygen atoms in total. The molecule has 0 N–H and O–H groups in total. The lowest BCUT2D eigenvalue weighted by molar-refractivity contribution is -0.167. The first-order valence-corrected chi connectivity index (χ1v) is 8.62. The van der Waals surface area contributed by atoms with Crippen molar-refractivity contribution in [1.29, 1.82) is 0 Å². The molecule has 4 heteroatoms. The normalized spacial score (nSPS) is 22.2. The molecule has 1 unspecified atom stereocenters. The van der Waals surface area contributed by atoms with Crippen molar-refractivity contribution in [1.82, 2.24) is 9.80 Å². The fourth-order valence-corrected chi connectivity index (χ4v) is 3.52. The van der Waals surface area contributed by atoms with Crippen molar-refractivity contribution in [2.24, 2.45) is 5.92 Å². The first-order chi connectivity index (χ1) is 10.9. The summed E-state index contributed by atoms with van der Waals surface area (Å²) in [6.45, 7) is 10.8. The van der Waals surface area contributed by atoms with Crippen molar-refractivity contribution in [2.75, 3.05) is 39.8 Å². The summed E-state index contributed by atoms with van der Waals surface area (Å²) < 4.78 is 5.93. The average molecular weight is 316 g/mol. The number of carbonyl (C=O) groups excluding carboxylic acids is 1. The minimum Gasteiger partial charge on any atom is -0.369 e. The van der Waals surface area contributed by atoms with Gasteiger partial charge in [0.25, 0.3) is 5.91 Å². The van der Waals surface area contributed by atoms with Gasteiger partial charge >= 0.3 is 0 Å². The summed E-state index contributed by atoms with van der Waals surface area (Å²) >= 11 is 0. The maximum Gasteiger partial charge on any atom is 0.254 e. The van der Waals surface area contributed by atoms with Crippen LogP contribution in [-0.2, 0) is 4.74 Å². The van der Waals surface area contributed by atoms with Crippen LogP contribution in [0.4, 0.5) is 0 Å². The Morgan fingerprint density at radius 2 is 1.78 bits per heavy atom. The number of amides is 1. The lowest BCUT2D eigenvalue weighted by Crippen LogP contribution is -2.70. The standard InChI is InChI=1S/C19H28N2O2/c1-14(2)15(3)16-5-7-17(8-6-16)18(22)21-12-19(13-21)11-20(4)9-10-23-19/h5-8,14-15H,9-13H2,1-4H3. The molecule has 0 bridgehead atoms. The molecule has 0 radical (unpaired) electrons. The maximum absolute atomic E-state index is 12.6. The van der Waals surface area contributed by atoms with Gasteiger partial charge in [-0.05, 0) is 36.6 Å². The molecule has 126 valence electrons. The van der Waals surface area contributed by atoms with E-state index in [9.17, 15) is 4.79 Å². The zero-order valence-corrected chi connectivity index (χ0v) is 14.7. The van der Waals surface area contributed by atoms with Crippen molar-refractivity contribution >= 4 is 5.91 Å². The molecular formula is C19H28N2O2. The molecule has 2 aliphatic rings. The van der Waals surface area contributed by atoms with Gasteiger partial charge in [0.05, 0.1) is 19.7 Å². The Morgan fingerprint density at radius 3 is 2.35 bits per heavy atom. The molecule has 1 aromatic carbocycles. The van der Waals surface area contributed by atoms with Gasteiger partial charge in [0.15, 0.2) is 0 Å². The highest BCUT2D eigenvalue weighted by Crippen LogP contribution is 2.30. The number of benzene rings is 1. The first kappa shape index (κ1) is 16.5. The number of hydrogen-bond acceptors (Lipinski definition) is 3. The molecule has 0 saturated carbocycles. The number of nitrogens with zero attached hydrogens (tertiary/aromatic N) is 2. The Morgan fingerprint density at radius 1 is 1.13 bits per heavy atom. The van der Waals surface area contributed by atoms with Crippen LogP contribution < -0.4 is 0 Å². The second kappa shape index (κ2) is 6.25. The number of rotatable bonds is 3. The second-order valence-electron chi connectivity index (χ2n) is 7.59. The second-order valence-corrected chi connectivity index (χ2v) is 7.59. The van der Waals surface area contributed by atoms with Crippen molar-refractivity contribution in [2.45, 2.75) is 32.3 Å². The Bertz CT molecular complexity index is 561. The van der Waals surface area contributed by atoms with Crippen LogP contribution in [-0.4, -0.2) is 61.1 Å². The van der Waals surface area contributed by atoms with E-state index in [2.05, 4.69) is 44.9 Å². The Hall–Kier alpha value is -1.39. The number of likely N-dealkylation sites (N-methyl/N-ethyl adjacent to an activating group) is 1. The fraction of sp³-hybridized carbons (Fsp3) is 0.632. The zero-order valence-electron chi connectivity index (χ0n) is 14.7. The monoisotopic (exact) mass is 316 g/mol. The van der Waals surface area contributed by atoms with Crippen molar-refractivity contribution in [3.8, 4) is 0 Å². The van der Waals surface area contributed by atoms with Gasteiger partial charge in [-0.2, -0.15) is 0 Å². The van der Waals surface area contributed by atoms with Gasteiger partial charge in [0, 0.05) is 18.7 Å². The molecule has 1 atom stereocenters. The summed E-state index contributed by atoms with van der Waals surface area (Å²) in [7, 11) is 2.11. The number of likely N-dealkylation sites (tertiary alicyclic amines) is 1. The van der Waals surface area contributed by atoms with Gasteiger partial charge in [0.2, 0.25) is 0 Å². The van der Waals surface area contributed by atoms with Crippen molar-refractivity contribution in [3.05, 3.63) is 35.4 Å². The molecule has 23 heavy (non-hydrogen) atoms. The van der Waals surface area contributed by atoms with E-state index in [0.717, 1.165) is 25.3 Å². The van der Waals surface area contributed by atoms with E-state index in [1.165, 1.54) is 5.56 Å². The Kier molecular flexibility index (Phi) is 4.47. The highest BCUT2D eigenvalue weighted by Gasteiger charge is 2.48. The topological polar surface area (TPSA) is 32.8 Å². The lowest BCUT2D eigenvalue weighted by Gasteiger charge is -2.53. The highest BCUT2D eigenvalue weighted by molar-refractivity contribution is 5.95. The molecule has 1 spiro atoms. The van der Waals surface area contributed by atoms with E-state index >= 15 is 0 Å². The molecule has 1 amide bonds. The summed E-state index contributed by atoms with van der Waals surface area (Å²) in [6, 6.07) is 8.13. The molecule has 1 aromatic rings. The third-order valence-electron chi connectivity index (χ3n) is 5.37. The molecule has 2 heterocycles. The van der Waals surface area contributed by atoms with Gasteiger partial charge in [-0.25, -0.2) is 0 Å². The molecule has 3 rings (SSSR count). The SMILES string of the molecule is CC(C)C(C)c1ccc(C(=O)N2CC3(CN(C)CCO3)C2)cc1. The van der Waals surface area contributed by atoms with E-state index in [-0.39, 0.29) is 11.5 Å². The third-order valence-corrected chi connectivity index (χ3v) is 5.37. The van der Waals surface area contributed by atoms with E-state index < -0.39 is 0 Å². The molecule has 0 aromatic heterocycles. The van der Waals surface area contributed by atoms with Crippen LogP contribution in [0.1, 0.15) is 42.6 Å². The number of hydrogen-bond donors (Lipinski definition) is 0. The van der Waals surface area contributed by atoms with E-state index in [4.69, 9.17) is 4.74 Å². The van der Waals surface area contributed by atoms with Crippen LogP contribution in [0.5, 0.6) is 0 Å². The Labute approximate surface area is 139 Å². The predicted octanol–water partition coefficient (Wildman–Crippen LogP) is 2.60. The maximum atomic E-state index is 12.6. The van der Waals surface area contributed by atoms with Crippen molar-refractivity contribution < 1.29 is 9.53 Å². The highest BCUT2D eigenvalue weighted by atomic mass is 16.5. The summed E-state index contributed by atoms with van der Waals surface area (Å²) in [6.07, 6.45) is 0. The minimum absolute atomic E-state index is 0.121. The lowest BCUT2D eigenvalue weighted by atomic mass is 9.89. The molecular weight excluding hydrogens is 288 g/mol. The van der Waals surface area contributed by atoms with Crippen LogP contribution in [0, 0.1) is 5.92 Å². The van der Waals surface area contributed by atoms with Gasteiger partial charge in [0.1, 0.15) is 5.60 Å². The summed E-state index contributed by atoms with van der Waals surface area (Å²) in [5.74, 6) is 1.24. The van der Waals surface area contributed by atoms with E-state index in [1.54, 1.807) is 0 Å². The van der Waals surface area contributed by atoms with Crippen LogP contribution in [0.3, 0.4) is 0 Å². The van der Waals surface area contributed by atoms with Gasteiger partial charge in [-0.15, -0.1) is 0 Å². The smallest absolute Gasteiger partial charge is 0.254 e. The van der Waals surface area contributed by atoms with Crippen LogP contribution in [0.2, 0.25) is 0 Å². The minimum atomic E-state index is -0.130. The van der Waals surface area contributed by atoms with Gasteiger partial charge in [-0.1, -0.05) is 32.9 Å². The molecule has 2 aliphatic heterocycles. The summed E-state index contributed by atoms with van der Waals surface area (Å²) in [5, 5.41) is 0. The predicted molar refractivity (Wildman–Crippen MR) is 91.8 cm³/mol. The fourth-order valence-electron chi connectivity index (χ4n) is 3.52. The van der Waals surface area contributed by atoms with E-state index in [0.29, 0.717) is 24.9 Å². The number of morpholine rings is 1. The van der Waals surface area contributed by atoms with Crippen LogP contribution in [0.25, 0.3) is 0 Å². The molecule has 2 saturated heterocycles. The Balaban J connectivity index is 1.61. The van der Waals surface area contributed by atoms with Gasteiger partial charge < -0.3 is 14.5 Å². The first-order valence-electron chi connectivity index (χ1n) is 8.62. The molecule has 2 fully saturated rings. The third kappa shape index (κ3) is 3.29.